The number of hydrogen-bond acceptors (Lipinski definition) is 3. The van der Waals surface area contributed by atoms with E-state index in [1.165, 1.54) is 61.4 Å². The number of carbonyl (C=O) groups is 1. The van der Waals surface area contributed by atoms with E-state index in [2.05, 4.69) is 54.0 Å². The highest BCUT2D eigenvalue weighted by Crippen LogP contribution is 2.36. The number of carbonyl (C=O) groups excluding carboxylic acids is 1. The van der Waals surface area contributed by atoms with Crippen LogP contribution in [0.25, 0.3) is 0 Å². The lowest BCUT2D eigenvalue weighted by Gasteiger charge is -2.43. The van der Waals surface area contributed by atoms with Crippen LogP contribution in [0.2, 0.25) is 0 Å². The van der Waals surface area contributed by atoms with Crippen LogP contribution in [0.15, 0.2) is 18.2 Å². The molecular formula is C20H30N2OS. The molecule has 132 valence electrons. The van der Waals surface area contributed by atoms with Crippen LogP contribution < -0.4 is 5.32 Å². The number of rotatable bonds is 5. The number of aryl methyl sites for hydroxylation is 2. The smallest absolute Gasteiger partial charge is 0.224 e. The van der Waals surface area contributed by atoms with Gasteiger partial charge in [-0.2, -0.15) is 11.8 Å². The zero-order valence-electron chi connectivity index (χ0n) is 15.1. The average molecular weight is 347 g/mol. The first-order valence-corrected chi connectivity index (χ1v) is 10.4. The Morgan fingerprint density at radius 3 is 2.62 bits per heavy atom. The van der Waals surface area contributed by atoms with Gasteiger partial charge in [-0.15, -0.1) is 0 Å². The molecule has 0 spiro atoms. The summed E-state index contributed by atoms with van der Waals surface area (Å²) in [7, 11) is 0. The molecule has 0 bridgehead atoms. The van der Waals surface area contributed by atoms with E-state index < -0.39 is 0 Å². The van der Waals surface area contributed by atoms with E-state index in [1.807, 2.05) is 0 Å². The van der Waals surface area contributed by atoms with E-state index in [1.54, 1.807) is 0 Å². The topological polar surface area (TPSA) is 32.3 Å². The van der Waals surface area contributed by atoms with Crippen molar-refractivity contribution >= 4 is 17.7 Å². The fourth-order valence-corrected chi connectivity index (χ4v) is 5.07. The van der Waals surface area contributed by atoms with Crippen molar-refractivity contribution in [1.29, 1.82) is 0 Å². The Morgan fingerprint density at radius 1 is 1.21 bits per heavy atom. The highest BCUT2D eigenvalue weighted by Gasteiger charge is 2.40. The summed E-state index contributed by atoms with van der Waals surface area (Å²) in [4.78, 5) is 15.2. The molecule has 0 atom stereocenters. The summed E-state index contributed by atoms with van der Waals surface area (Å²) in [6.45, 7) is 7.35. The number of benzene rings is 1. The molecule has 1 N–H and O–H groups in total. The third kappa shape index (κ3) is 4.15. The minimum Gasteiger partial charge on any atom is -0.354 e. The highest BCUT2D eigenvalue weighted by atomic mass is 32.2. The molecule has 4 heteroatoms. The van der Waals surface area contributed by atoms with Crippen molar-refractivity contribution in [2.75, 3.05) is 31.1 Å². The van der Waals surface area contributed by atoms with Gasteiger partial charge in [0.2, 0.25) is 5.91 Å². The van der Waals surface area contributed by atoms with Crippen molar-refractivity contribution in [1.82, 2.24) is 10.2 Å². The number of hydrogen-bond donors (Lipinski definition) is 1. The number of nitrogens with one attached hydrogen (secondary N) is 1. The first-order chi connectivity index (χ1) is 11.6. The first kappa shape index (κ1) is 17.8. The molecule has 2 fully saturated rings. The Morgan fingerprint density at radius 2 is 1.92 bits per heavy atom. The van der Waals surface area contributed by atoms with Crippen LogP contribution in [0.1, 0.15) is 42.4 Å². The average Bonchev–Trinajstić information content (AvgIpc) is 3.07. The fourth-order valence-electron chi connectivity index (χ4n) is 4.16. The van der Waals surface area contributed by atoms with Gasteiger partial charge in [-0.3, -0.25) is 9.69 Å². The summed E-state index contributed by atoms with van der Waals surface area (Å²) >= 11 is 2.06. The van der Waals surface area contributed by atoms with E-state index in [0.29, 0.717) is 6.42 Å². The van der Waals surface area contributed by atoms with Crippen LogP contribution in [-0.4, -0.2) is 47.5 Å². The number of amides is 1. The van der Waals surface area contributed by atoms with E-state index in [9.17, 15) is 4.79 Å². The molecule has 1 saturated heterocycles. The molecule has 1 saturated carbocycles. The lowest BCUT2D eigenvalue weighted by atomic mass is 9.94. The van der Waals surface area contributed by atoms with E-state index >= 15 is 0 Å². The third-order valence-corrected chi connectivity index (χ3v) is 6.63. The molecular weight excluding hydrogens is 316 g/mol. The molecule has 0 unspecified atom stereocenters. The Labute approximate surface area is 150 Å². The van der Waals surface area contributed by atoms with Crippen LogP contribution in [0.3, 0.4) is 0 Å². The second-order valence-corrected chi connectivity index (χ2v) is 8.64. The molecule has 1 aliphatic carbocycles. The van der Waals surface area contributed by atoms with Crippen molar-refractivity contribution in [3.8, 4) is 0 Å². The van der Waals surface area contributed by atoms with Gasteiger partial charge in [0.15, 0.2) is 0 Å². The molecule has 1 aromatic rings. The monoisotopic (exact) mass is 346 g/mol. The zero-order chi connectivity index (χ0) is 17.0. The van der Waals surface area contributed by atoms with Crippen molar-refractivity contribution in [3.05, 3.63) is 34.9 Å². The third-order valence-electron chi connectivity index (χ3n) is 5.69. The van der Waals surface area contributed by atoms with E-state index in [0.717, 1.165) is 12.1 Å². The molecule has 1 heterocycles. The standard InChI is InChI=1S/C20H30N2OS/c1-16-5-6-17(2)18(13-16)14-19(23)21-15-20(7-3-4-8-20)22-9-11-24-12-10-22/h5-6,13H,3-4,7-12,14-15H2,1-2H3,(H,21,23). The van der Waals surface area contributed by atoms with Crippen LogP contribution in [0.5, 0.6) is 0 Å². The zero-order valence-corrected chi connectivity index (χ0v) is 15.9. The molecule has 1 aliphatic heterocycles. The first-order valence-electron chi connectivity index (χ1n) is 9.25. The maximum atomic E-state index is 12.5. The van der Waals surface area contributed by atoms with Crippen LogP contribution in [0, 0.1) is 13.8 Å². The summed E-state index contributed by atoms with van der Waals surface area (Å²) in [5.41, 5.74) is 3.81. The van der Waals surface area contributed by atoms with Gasteiger partial charge in [-0.1, -0.05) is 36.6 Å². The molecule has 24 heavy (non-hydrogen) atoms. The van der Waals surface area contributed by atoms with Gasteiger partial charge in [0.05, 0.1) is 6.42 Å². The molecule has 0 radical (unpaired) electrons. The van der Waals surface area contributed by atoms with Gasteiger partial charge in [0, 0.05) is 36.7 Å². The Balaban J connectivity index is 1.60. The normalized spacial score (nSPS) is 20.9. The van der Waals surface area contributed by atoms with Crippen LogP contribution >= 0.6 is 11.8 Å². The van der Waals surface area contributed by atoms with Gasteiger partial charge >= 0.3 is 0 Å². The second-order valence-electron chi connectivity index (χ2n) is 7.41. The summed E-state index contributed by atoms with van der Waals surface area (Å²) in [5, 5.41) is 3.27. The highest BCUT2D eigenvalue weighted by molar-refractivity contribution is 7.99. The summed E-state index contributed by atoms with van der Waals surface area (Å²) < 4.78 is 0. The predicted molar refractivity (Wildman–Crippen MR) is 103 cm³/mol. The largest absolute Gasteiger partial charge is 0.354 e. The van der Waals surface area contributed by atoms with Crippen molar-refractivity contribution < 1.29 is 4.79 Å². The molecule has 1 aromatic carbocycles. The van der Waals surface area contributed by atoms with Gasteiger partial charge in [0.25, 0.3) is 0 Å². The van der Waals surface area contributed by atoms with E-state index in [-0.39, 0.29) is 11.4 Å². The van der Waals surface area contributed by atoms with Gasteiger partial charge in [0.1, 0.15) is 0 Å². The van der Waals surface area contributed by atoms with E-state index in [4.69, 9.17) is 0 Å². The fraction of sp³-hybridized carbons (Fsp3) is 0.650. The minimum atomic E-state index is 0.168. The van der Waals surface area contributed by atoms with Crippen molar-refractivity contribution in [2.24, 2.45) is 0 Å². The minimum absolute atomic E-state index is 0.168. The lowest BCUT2D eigenvalue weighted by Crippen LogP contribution is -2.56. The maximum Gasteiger partial charge on any atom is 0.224 e. The van der Waals surface area contributed by atoms with Crippen molar-refractivity contribution in [3.63, 3.8) is 0 Å². The van der Waals surface area contributed by atoms with Gasteiger partial charge in [-0.05, 0) is 37.8 Å². The molecule has 0 aromatic heterocycles. The SMILES string of the molecule is Cc1ccc(C)c(CC(=O)NCC2(N3CCSCC3)CCCC2)c1. The summed E-state index contributed by atoms with van der Waals surface area (Å²) in [6, 6.07) is 6.36. The van der Waals surface area contributed by atoms with Crippen molar-refractivity contribution in [2.45, 2.75) is 51.5 Å². The Hall–Kier alpha value is -1.00. The Kier molecular flexibility index (Phi) is 5.88. The number of thioether (sulfide) groups is 1. The Bertz CT molecular complexity index is 575. The quantitative estimate of drug-likeness (QED) is 0.888. The summed E-state index contributed by atoms with van der Waals surface area (Å²) in [5.74, 6) is 2.64. The lowest BCUT2D eigenvalue weighted by molar-refractivity contribution is -0.121. The molecule has 2 aliphatic rings. The van der Waals surface area contributed by atoms with Gasteiger partial charge in [-0.25, -0.2) is 0 Å². The van der Waals surface area contributed by atoms with Crippen LogP contribution in [-0.2, 0) is 11.2 Å². The maximum absolute atomic E-state index is 12.5. The predicted octanol–water partition coefficient (Wildman–Crippen LogP) is 3.32. The molecule has 3 nitrogen and oxygen atoms in total. The van der Waals surface area contributed by atoms with Gasteiger partial charge < -0.3 is 5.32 Å². The summed E-state index contributed by atoms with van der Waals surface area (Å²) in [6.07, 6.45) is 5.58. The second kappa shape index (κ2) is 7.92. The van der Waals surface area contributed by atoms with Crippen LogP contribution in [0.4, 0.5) is 0 Å². The molecule has 3 rings (SSSR count). The molecule has 1 amide bonds. The number of nitrogens with zero attached hydrogens (tertiary/aromatic N) is 1.